The van der Waals surface area contributed by atoms with Crippen LogP contribution >= 0.6 is 0 Å². The van der Waals surface area contributed by atoms with Gasteiger partial charge in [0.25, 0.3) is 0 Å². The third-order valence-electron chi connectivity index (χ3n) is 4.61. The molecule has 0 N–H and O–H groups in total. The maximum Gasteiger partial charge on any atom is 0.246 e. The van der Waals surface area contributed by atoms with E-state index in [0.29, 0.717) is 19.6 Å². The van der Waals surface area contributed by atoms with E-state index in [2.05, 4.69) is 4.90 Å². The van der Waals surface area contributed by atoms with Crippen LogP contribution in [0.3, 0.4) is 0 Å². The van der Waals surface area contributed by atoms with Gasteiger partial charge in [-0.05, 0) is 19.4 Å². The van der Waals surface area contributed by atoms with Crippen molar-refractivity contribution < 1.29 is 22.3 Å². The van der Waals surface area contributed by atoms with E-state index in [1.807, 2.05) is 0 Å². The minimum Gasteiger partial charge on any atom is -0.493 e. The van der Waals surface area contributed by atoms with Gasteiger partial charge in [-0.25, -0.2) is 12.8 Å². The number of sulfonamides is 1. The Bertz CT molecular complexity index is 695. The third-order valence-corrected chi connectivity index (χ3v) is 6.49. The lowest BCUT2D eigenvalue weighted by molar-refractivity contribution is 0.158. The molecule has 0 spiro atoms. The third kappa shape index (κ3) is 2.90. The lowest BCUT2D eigenvalue weighted by Crippen LogP contribution is -2.52. The van der Waals surface area contributed by atoms with Crippen molar-refractivity contribution in [2.24, 2.45) is 0 Å². The largest absolute Gasteiger partial charge is 0.493 e. The van der Waals surface area contributed by atoms with Crippen LogP contribution in [0.5, 0.6) is 11.5 Å². The summed E-state index contributed by atoms with van der Waals surface area (Å²) in [6.45, 7) is 2.50. The molecule has 0 unspecified atom stereocenters. The van der Waals surface area contributed by atoms with Gasteiger partial charge in [0.1, 0.15) is 10.7 Å². The van der Waals surface area contributed by atoms with Crippen molar-refractivity contribution in [2.45, 2.75) is 23.8 Å². The zero-order valence-corrected chi connectivity index (χ0v) is 14.1. The van der Waals surface area contributed by atoms with Crippen LogP contribution in [0, 0.1) is 5.82 Å². The van der Waals surface area contributed by atoms with Crippen molar-refractivity contribution in [1.82, 2.24) is 9.21 Å². The second kappa shape index (κ2) is 6.26. The van der Waals surface area contributed by atoms with Gasteiger partial charge in [-0.15, -0.1) is 0 Å². The summed E-state index contributed by atoms with van der Waals surface area (Å²) in [5, 5.41) is 0. The number of methoxy groups -OCH3 is 2. The van der Waals surface area contributed by atoms with Crippen LogP contribution in [0.2, 0.25) is 0 Å². The van der Waals surface area contributed by atoms with E-state index >= 15 is 0 Å². The average Bonchev–Trinajstić information content (AvgIpc) is 3.01. The van der Waals surface area contributed by atoms with Gasteiger partial charge in [-0.3, -0.25) is 4.90 Å². The molecule has 0 aliphatic carbocycles. The molecule has 1 aromatic carbocycles. The number of fused-ring (bicyclic) bond motifs is 1. The van der Waals surface area contributed by atoms with Gasteiger partial charge in [0.05, 0.1) is 14.2 Å². The molecule has 2 heterocycles. The molecule has 3 rings (SSSR count). The molecule has 2 fully saturated rings. The number of hydrogen-bond donors (Lipinski definition) is 0. The number of rotatable bonds is 4. The Hall–Kier alpha value is -1.38. The van der Waals surface area contributed by atoms with Crippen molar-refractivity contribution in [2.75, 3.05) is 40.4 Å². The van der Waals surface area contributed by atoms with Gasteiger partial charge in [0.15, 0.2) is 11.5 Å². The first-order chi connectivity index (χ1) is 11.0. The Morgan fingerprint density at radius 1 is 1.13 bits per heavy atom. The fourth-order valence-corrected chi connectivity index (χ4v) is 4.88. The number of benzene rings is 1. The van der Waals surface area contributed by atoms with Crippen LogP contribution < -0.4 is 9.47 Å². The Kier molecular flexibility index (Phi) is 4.48. The minimum atomic E-state index is -3.89. The highest BCUT2D eigenvalue weighted by Crippen LogP contribution is 2.34. The highest BCUT2D eigenvalue weighted by Gasteiger charge is 2.37. The van der Waals surface area contributed by atoms with Gasteiger partial charge in [-0.2, -0.15) is 4.31 Å². The van der Waals surface area contributed by atoms with E-state index in [0.717, 1.165) is 25.5 Å². The molecule has 2 saturated heterocycles. The zero-order valence-electron chi connectivity index (χ0n) is 13.3. The first kappa shape index (κ1) is 16.5. The van der Waals surface area contributed by atoms with Crippen molar-refractivity contribution in [3.8, 4) is 11.5 Å². The van der Waals surface area contributed by atoms with Gasteiger partial charge < -0.3 is 9.47 Å². The summed E-state index contributed by atoms with van der Waals surface area (Å²) >= 11 is 0. The summed E-state index contributed by atoms with van der Waals surface area (Å²) in [5.74, 6) is -0.451. The van der Waals surface area contributed by atoms with Crippen LogP contribution in [-0.4, -0.2) is 64.1 Å². The van der Waals surface area contributed by atoms with Gasteiger partial charge in [0.2, 0.25) is 10.0 Å². The molecule has 0 bridgehead atoms. The van der Waals surface area contributed by atoms with Crippen molar-refractivity contribution in [3.63, 3.8) is 0 Å². The normalized spacial score (nSPS) is 22.8. The average molecular weight is 344 g/mol. The number of piperazine rings is 1. The monoisotopic (exact) mass is 344 g/mol. The molecule has 2 aliphatic rings. The Balaban J connectivity index is 1.93. The number of nitrogens with zero attached hydrogens (tertiary/aromatic N) is 2. The number of hydrogen-bond acceptors (Lipinski definition) is 5. The summed E-state index contributed by atoms with van der Waals surface area (Å²) in [5.41, 5.74) is 0. The van der Waals surface area contributed by atoms with Crippen molar-refractivity contribution >= 4 is 10.0 Å². The first-order valence-electron chi connectivity index (χ1n) is 7.63. The molecule has 0 radical (unpaired) electrons. The minimum absolute atomic E-state index is 0.171. The summed E-state index contributed by atoms with van der Waals surface area (Å²) in [6, 6.07) is 2.49. The molecule has 6 nitrogen and oxygen atoms in total. The topological polar surface area (TPSA) is 59.1 Å². The van der Waals surface area contributed by atoms with E-state index in [4.69, 9.17) is 9.47 Å². The maximum absolute atomic E-state index is 14.3. The highest BCUT2D eigenvalue weighted by molar-refractivity contribution is 7.89. The molecule has 0 amide bonds. The van der Waals surface area contributed by atoms with Gasteiger partial charge in [0, 0.05) is 37.8 Å². The van der Waals surface area contributed by atoms with Gasteiger partial charge in [-0.1, -0.05) is 0 Å². The molecular weight excluding hydrogens is 323 g/mol. The second-order valence-corrected chi connectivity index (χ2v) is 7.74. The van der Waals surface area contributed by atoms with Crippen LogP contribution in [0.4, 0.5) is 4.39 Å². The van der Waals surface area contributed by atoms with Gasteiger partial charge >= 0.3 is 0 Å². The molecule has 2 aliphatic heterocycles. The quantitative estimate of drug-likeness (QED) is 0.824. The predicted octanol–water partition coefficient (Wildman–Crippen LogP) is 1.31. The molecule has 1 atom stereocenters. The smallest absolute Gasteiger partial charge is 0.246 e. The van der Waals surface area contributed by atoms with E-state index < -0.39 is 15.8 Å². The molecule has 1 aromatic rings. The Morgan fingerprint density at radius 2 is 1.83 bits per heavy atom. The Morgan fingerprint density at radius 3 is 2.52 bits per heavy atom. The first-order valence-corrected chi connectivity index (χ1v) is 9.07. The van der Waals surface area contributed by atoms with Crippen LogP contribution in [0.1, 0.15) is 12.8 Å². The van der Waals surface area contributed by atoms with E-state index in [1.54, 1.807) is 0 Å². The molecule has 23 heavy (non-hydrogen) atoms. The lowest BCUT2D eigenvalue weighted by Gasteiger charge is -2.36. The fourth-order valence-electron chi connectivity index (χ4n) is 3.35. The van der Waals surface area contributed by atoms with E-state index in [9.17, 15) is 12.8 Å². The zero-order chi connectivity index (χ0) is 16.6. The van der Waals surface area contributed by atoms with Crippen LogP contribution in [0.25, 0.3) is 0 Å². The second-order valence-electron chi connectivity index (χ2n) is 5.83. The standard InChI is InChI=1S/C15H21FN2O4S/c1-21-13-8-12(16)15(9-14(13)22-2)23(19,20)18-7-6-17-5-3-4-11(17)10-18/h8-9,11H,3-7,10H2,1-2H3/t11-/m1/s1. The molecule has 8 heteroatoms. The molecule has 128 valence electrons. The predicted molar refractivity (Wildman–Crippen MR) is 82.9 cm³/mol. The molecular formula is C15H21FN2O4S. The SMILES string of the molecule is COc1cc(F)c(S(=O)(=O)N2CCN3CCC[C@@H]3C2)cc1OC. The lowest BCUT2D eigenvalue weighted by atomic mass is 10.2. The van der Waals surface area contributed by atoms with E-state index in [1.165, 1.54) is 24.6 Å². The van der Waals surface area contributed by atoms with Crippen LogP contribution in [-0.2, 0) is 10.0 Å². The Labute approximate surface area is 135 Å². The van der Waals surface area contributed by atoms with Crippen molar-refractivity contribution in [1.29, 1.82) is 0 Å². The fraction of sp³-hybridized carbons (Fsp3) is 0.600. The highest BCUT2D eigenvalue weighted by atomic mass is 32.2. The summed E-state index contributed by atoms with van der Waals surface area (Å²) in [7, 11) is -1.12. The summed E-state index contributed by atoms with van der Waals surface area (Å²) < 4.78 is 51.5. The van der Waals surface area contributed by atoms with Crippen molar-refractivity contribution in [3.05, 3.63) is 17.9 Å². The summed E-state index contributed by atoms with van der Waals surface area (Å²) in [4.78, 5) is 1.94. The van der Waals surface area contributed by atoms with Crippen LogP contribution in [0.15, 0.2) is 17.0 Å². The number of halogens is 1. The number of ether oxygens (including phenoxy) is 2. The maximum atomic E-state index is 14.3. The molecule has 0 aromatic heterocycles. The van der Waals surface area contributed by atoms with E-state index in [-0.39, 0.29) is 22.4 Å². The molecule has 0 saturated carbocycles. The summed E-state index contributed by atoms with van der Waals surface area (Å²) in [6.07, 6.45) is 2.07.